The van der Waals surface area contributed by atoms with Gasteiger partial charge in [0.1, 0.15) is 12.1 Å². The minimum absolute atomic E-state index is 0.0170. The van der Waals surface area contributed by atoms with Gasteiger partial charge in [0, 0.05) is 19.2 Å². The molecular weight excluding hydrogens is 464 g/mol. The van der Waals surface area contributed by atoms with E-state index in [2.05, 4.69) is 5.32 Å². The first-order valence-electron chi connectivity index (χ1n) is 9.95. The third-order valence-corrected chi connectivity index (χ3v) is 6.89. The molecule has 0 saturated carbocycles. The summed E-state index contributed by atoms with van der Waals surface area (Å²) in [5, 5.41) is 33.6. The number of hydrogen-bond donors (Lipinski definition) is 2. The van der Waals surface area contributed by atoms with Crippen molar-refractivity contribution in [3.8, 4) is 0 Å². The third kappa shape index (κ3) is 6.58. The van der Waals surface area contributed by atoms with Crippen molar-refractivity contribution < 1.29 is 37.7 Å². The van der Waals surface area contributed by atoms with Crippen LogP contribution in [0.15, 0.2) is 23.1 Å². The van der Waals surface area contributed by atoms with Crippen molar-refractivity contribution >= 4 is 33.5 Å². The number of hydrogen-bond acceptors (Lipinski definition) is 9. The van der Waals surface area contributed by atoms with Crippen molar-refractivity contribution in [1.82, 2.24) is 9.62 Å². The Labute approximate surface area is 188 Å². The second kappa shape index (κ2) is 10.5. The fourth-order valence-electron chi connectivity index (χ4n) is 3.33. The number of carboxylic acids is 1. The number of carbonyl (C=O) groups excluding carboxylic acids is 1. The first-order valence-corrected chi connectivity index (χ1v) is 11.4. The Morgan fingerprint density at radius 3 is 2.30 bits per heavy atom. The summed E-state index contributed by atoms with van der Waals surface area (Å²) in [7, 11) is -4.34. The highest BCUT2D eigenvalue weighted by molar-refractivity contribution is 7.89. The summed E-state index contributed by atoms with van der Waals surface area (Å²) < 4.78 is 32.0. The van der Waals surface area contributed by atoms with Gasteiger partial charge in [-0.15, -0.1) is 0 Å². The lowest BCUT2D eigenvalue weighted by Gasteiger charge is -2.31. The summed E-state index contributed by atoms with van der Waals surface area (Å²) in [4.78, 5) is 42.9. The lowest BCUT2D eigenvalue weighted by molar-refractivity contribution is -0.396. The van der Waals surface area contributed by atoms with Crippen molar-refractivity contribution in [2.45, 2.75) is 50.2 Å². The number of nitrogens with one attached hydrogen (secondary N) is 1. The zero-order valence-electron chi connectivity index (χ0n) is 17.9. The number of ether oxygens (including phenoxy) is 1. The number of nitro groups is 2. The number of piperidine rings is 1. The molecule has 14 nitrogen and oxygen atoms in total. The molecule has 15 heteroatoms. The van der Waals surface area contributed by atoms with Gasteiger partial charge in [-0.1, -0.05) is 13.8 Å². The Balaban J connectivity index is 2.05. The van der Waals surface area contributed by atoms with Crippen LogP contribution in [0, 0.1) is 26.1 Å². The molecular formula is C18H24N4O10S. The Kier molecular flexibility index (Phi) is 8.27. The fourth-order valence-corrected chi connectivity index (χ4v) is 4.94. The zero-order valence-corrected chi connectivity index (χ0v) is 18.7. The molecule has 1 unspecified atom stereocenters. The molecule has 0 aliphatic carbocycles. The van der Waals surface area contributed by atoms with Crippen LogP contribution in [-0.2, 0) is 19.6 Å². The molecule has 2 rings (SSSR count). The molecule has 0 aromatic heterocycles. The maximum Gasteiger partial charge on any atom is 0.408 e. The Morgan fingerprint density at radius 1 is 1.21 bits per heavy atom. The molecule has 1 heterocycles. The predicted molar refractivity (Wildman–Crippen MR) is 112 cm³/mol. The van der Waals surface area contributed by atoms with Gasteiger partial charge in [0.2, 0.25) is 10.0 Å². The topological polar surface area (TPSA) is 199 Å². The fraction of sp³-hybridized carbons (Fsp3) is 0.556. The number of non-ortho nitro benzene ring substituents is 1. The largest absolute Gasteiger partial charge is 0.480 e. The molecule has 1 aromatic rings. The molecule has 182 valence electrons. The van der Waals surface area contributed by atoms with Gasteiger partial charge in [0.25, 0.3) is 11.4 Å². The number of carbonyl (C=O) groups is 2. The average molecular weight is 488 g/mol. The normalized spacial score (nSPS) is 16.2. The first-order chi connectivity index (χ1) is 15.3. The Bertz CT molecular complexity index is 1030. The summed E-state index contributed by atoms with van der Waals surface area (Å²) in [6.45, 7) is 3.36. The number of sulfonamides is 1. The number of alkyl carbamates (subject to hydrolysis) is 1. The maximum atomic E-state index is 12.9. The highest BCUT2D eigenvalue weighted by Gasteiger charge is 2.36. The number of aliphatic carboxylic acids is 1. The van der Waals surface area contributed by atoms with E-state index in [4.69, 9.17) is 4.74 Å². The number of nitrogens with zero attached hydrogens (tertiary/aromatic N) is 3. The minimum Gasteiger partial charge on any atom is -0.480 e. The van der Waals surface area contributed by atoms with Crippen molar-refractivity contribution in [3.05, 3.63) is 38.4 Å². The molecule has 2 N–H and O–H groups in total. The van der Waals surface area contributed by atoms with Crippen LogP contribution in [0.25, 0.3) is 0 Å². The smallest absolute Gasteiger partial charge is 0.408 e. The number of rotatable bonds is 9. The van der Waals surface area contributed by atoms with Crippen molar-refractivity contribution in [1.29, 1.82) is 0 Å². The van der Waals surface area contributed by atoms with E-state index in [1.54, 1.807) is 13.8 Å². The standard InChI is InChI=1S/C18H24N4O10S/c1-11(2)9-14(17(23)24)19-18(25)32-13-5-7-20(8-6-13)33(30,31)16-4-3-12(21(26)27)10-15(16)22(28)29/h3-4,10-11,13-14H,5-9H2,1-2H3,(H,19,25)(H,23,24). The molecule has 33 heavy (non-hydrogen) atoms. The van der Waals surface area contributed by atoms with Crippen molar-refractivity contribution in [3.63, 3.8) is 0 Å². The van der Waals surface area contributed by atoms with E-state index in [0.717, 1.165) is 16.4 Å². The Hall–Kier alpha value is -3.33. The minimum atomic E-state index is -4.34. The first kappa shape index (κ1) is 25.9. The highest BCUT2D eigenvalue weighted by atomic mass is 32.2. The molecule has 0 radical (unpaired) electrons. The van der Waals surface area contributed by atoms with Gasteiger partial charge in [-0.25, -0.2) is 18.0 Å². The third-order valence-electron chi connectivity index (χ3n) is 4.94. The number of nitro benzene ring substituents is 2. The molecule has 1 amide bonds. The maximum absolute atomic E-state index is 12.9. The van der Waals surface area contributed by atoms with E-state index >= 15 is 0 Å². The Morgan fingerprint density at radius 2 is 1.82 bits per heavy atom. The van der Waals surface area contributed by atoms with Crippen LogP contribution in [0.2, 0.25) is 0 Å². The summed E-state index contributed by atoms with van der Waals surface area (Å²) in [6, 6.07) is 1.15. The van der Waals surface area contributed by atoms with E-state index in [1.807, 2.05) is 0 Å². The molecule has 0 spiro atoms. The number of benzene rings is 1. The van der Waals surface area contributed by atoms with Crippen LogP contribution in [-0.4, -0.2) is 65.0 Å². The van der Waals surface area contributed by atoms with Gasteiger partial charge in [0.05, 0.1) is 15.9 Å². The molecule has 1 fully saturated rings. The van der Waals surface area contributed by atoms with Gasteiger partial charge in [-0.2, -0.15) is 4.31 Å². The molecule has 0 bridgehead atoms. The highest BCUT2D eigenvalue weighted by Crippen LogP contribution is 2.32. The lowest BCUT2D eigenvalue weighted by Crippen LogP contribution is -2.45. The van der Waals surface area contributed by atoms with Crippen molar-refractivity contribution in [2.24, 2.45) is 5.92 Å². The molecule has 1 aromatic carbocycles. The lowest BCUT2D eigenvalue weighted by atomic mass is 10.0. The van der Waals surface area contributed by atoms with Gasteiger partial charge in [0.15, 0.2) is 4.90 Å². The summed E-state index contributed by atoms with van der Waals surface area (Å²) in [5.41, 5.74) is -1.53. The molecule has 1 aliphatic heterocycles. The van der Waals surface area contributed by atoms with Crippen LogP contribution in [0.3, 0.4) is 0 Å². The quantitative estimate of drug-likeness (QED) is 0.382. The van der Waals surface area contributed by atoms with E-state index in [-0.39, 0.29) is 38.3 Å². The summed E-state index contributed by atoms with van der Waals surface area (Å²) >= 11 is 0. The van der Waals surface area contributed by atoms with Crippen LogP contribution in [0.1, 0.15) is 33.1 Å². The predicted octanol–water partition coefficient (Wildman–Crippen LogP) is 1.88. The second-order valence-corrected chi connectivity index (χ2v) is 9.75. The molecule has 1 aliphatic rings. The average Bonchev–Trinajstić information content (AvgIpc) is 2.72. The molecule has 1 atom stereocenters. The SMILES string of the molecule is CC(C)CC(NC(=O)OC1CCN(S(=O)(=O)c2ccc([N+](=O)[O-])cc2[N+](=O)[O-])CC1)C(=O)O. The van der Waals surface area contributed by atoms with Crippen LogP contribution in [0.5, 0.6) is 0 Å². The van der Waals surface area contributed by atoms with Gasteiger partial charge >= 0.3 is 12.1 Å². The van der Waals surface area contributed by atoms with E-state index in [0.29, 0.717) is 6.07 Å². The second-order valence-electron chi connectivity index (χ2n) is 7.84. The molecule has 1 saturated heterocycles. The zero-order chi connectivity index (χ0) is 24.9. The van der Waals surface area contributed by atoms with Crippen molar-refractivity contribution in [2.75, 3.05) is 13.1 Å². The van der Waals surface area contributed by atoms with Crippen LogP contribution >= 0.6 is 0 Å². The number of amides is 1. The van der Waals surface area contributed by atoms with Crippen LogP contribution in [0.4, 0.5) is 16.2 Å². The van der Waals surface area contributed by atoms with Gasteiger partial charge in [-0.3, -0.25) is 20.2 Å². The van der Waals surface area contributed by atoms with E-state index in [9.17, 15) is 43.3 Å². The van der Waals surface area contributed by atoms with Crippen LogP contribution < -0.4 is 5.32 Å². The summed E-state index contributed by atoms with van der Waals surface area (Å²) in [5.74, 6) is -1.19. The van der Waals surface area contributed by atoms with E-state index < -0.39 is 60.3 Å². The van der Waals surface area contributed by atoms with Gasteiger partial charge < -0.3 is 15.2 Å². The van der Waals surface area contributed by atoms with E-state index in [1.165, 1.54) is 0 Å². The summed E-state index contributed by atoms with van der Waals surface area (Å²) in [6.07, 6.45) is -1.26. The monoisotopic (exact) mass is 488 g/mol. The number of carboxylic acid groups (broad SMARTS) is 1. The van der Waals surface area contributed by atoms with Gasteiger partial charge in [-0.05, 0) is 31.2 Å².